The second-order valence-electron chi connectivity index (χ2n) is 5.48. The molecule has 1 fully saturated rings. The van der Waals surface area contributed by atoms with Crippen LogP contribution in [0.2, 0.25) is 0 Å². The molecular weight excluding hydrogens is 250 g/mol. The first-order valence-corrected chi connectivity index (χ1v) is 7.51. The number of nitrogens with two attached hydrogens (primary N) is 1. The summed E-state index contributed by atoms with van der Waals surface area (Å²) in [7, 11) is 0. The van der Waals surface area contributed by atoms with Crippen molar-refractivity contribution in [1.29, 1.82) is 0 Å². The van der Waals surface area contributed by atoms with E-state index in [1.807, 2.05) is 11.0 Å². The summed E-state index contributed by atoms with van der Waals surface area (Å²) in [4.78, 5) is 16.4. The van der Waals surface area contributed by atoms with Crippen LogP contribution in [0, 0.1) is 0 Å². The van der Waals surface area contributed by atoms with Crippen molar-refractivity contribution in [1.82, 2.24) is 9.80 Å². The molecule has 1 saturated heterocycles. The fourth-order valence-corrected chi connectivity index (χ4v) is 2.64. The molecule has 4 nitrogen and oxygen atoms in total. The van der Waals surface area contributed by atoms with Gasteiger partial charge in [-0.25, -0.2) is 0 Å². The Labute approximate surface area is 121 Å². The zero-order valence-electron chi connectivity index (χ0n) is 12.3. The summed E-state index contributed by atoms with van der Waals surface area (Å²) < 4.78 is 0. The van der Waals surface area contributed by atoms with E-state index >= 15 is 0 Å². The highest BCUT2D eigenvalue weighted by Gasteiger charge is 2.24. The average molecular weight is 275 g/mol. The van der Waals surface area contributed by atoms with E-state index in [-0.39, 0.29) is 11.9 Å². The van der Waals surface area contributed by atoms with Crippen LogP contribution in [0.1, 0.15) is 25.3 Å². The molecular formula is C16H25N3O. The van der Waals surface area contributed by atoms with Gasteiger partial charge in [0.25, 0.3) is 0 Å². The summed E-state index contributed by atoms with van der Waals surface area (Å²) in [6.07, 6.45) is 1.74. The topological polar surface area (TPSA) is 49.6 Å². The molecule has 2 rings (SSSR count). The van der Waals surface area contributed by atoms with E-state index in [0.717, 1.165) is 45.6 Å². The largest absolute Gasteiger partial charge is 0.339 e. The molecule has 0 aliphatic carbocycles. The number of hydrogen-bond acceptors (Lipinski definition) is 3. The highest BCUT2D eigenvalue weighted by molar-refractivity contribution is 5.81. The second-order valence-corrected chi connectivity index (χ2v) is 5.48. The Morgan fingerprint density at radius 1 is 1.20 bits per heavy atom. The van der Waals surface area contributed by atoms with Crippen LogP contribution in [0.15, 0.2) is 30.3 Å². The molecule has 1 aliphatic heterocycles. The first kappa shape index (κ1) is 15.0. The van der Waals surface area contributed by atoms with Gasteiger partial charge in [0.15, 0.2) is 0 Å². The van der Waals surface area contributed by atoms with E-state index in [9.17, 15) is 4.79 Å². The highest BCUT2D eigenvalue weighted by atomic mass is 16.2. The highest BCUT2D eigenvalue weighted by Crippen LogP contribution is 2.10. The number of carbonyl (C=O) groups excluding carboxylic acids is 1. The van der Waals surface area contributed by atoms with Crippen molar-refractivity contribution in [3.8, 4) is 0 Å². The average Bonchev–Trinajstić information content (AvgIpc) is 2.48. The maximum absolute atomic E-state index is 12.1. The molecule has 20 heavy (non-hydrogen) atoms. The van der Waals surface area contributed by atoms with Gasteiger partial charge in [0.1, 0.15) is 0 Å². The molecule has 1 heterocycles. The minimum atomic E-state index is -0.319. The Morgan fingerprint density at radius 3 is 2.45 bits per heavy atom. The Balaban J connectivity index is 1.79. The van der Waals surface area contributed by atoms with Crippen molar-refractivity contribution in [2.45, 2.75) is 32.4 Å². The van der Waals surface area contributed by atoms with E-state index in [2.05, 4.69) is 36.1 Å². The van der Waals surface area contributed by atoms with Gasteiger partial charge in [-0.05, 0) is 12.0 Å². The predicted molar refractivity (Wildman–Crippen MR) is 81.2 cm³/mol. The number of piperazine rings is 1. The van der Waals surface area contributed by atoms with Gasteiger partial charge in [-0.15, -0.1) is 0 Å². The molecule has 0 bridgehead atoms. The van der Waals surface area contributed by atoms with Gasteiger partial charge in [0, 0.05) is 32.7 Å². The maximum atomic E-state index is 12.1. The minimum Gasteiger partial charge on any atom is -0.339 e. The van der Waals surface area contributed by atoms with Crippen molar-refractivity contribution in [2.24, 2.45) is 5.73 Å². The first-order chi connectivity index (χ1) is 9.70. The van der Waals surface area contributed by atoms with Crippen LogP contribution in [0.3, 0.4) is 0 Å². The number of rotatable bonds is 5. The molecule has 0 radical (unpaired) electrons. The summed E-state index contributed by atoms with van der Waals surface area (Å²) >= 11 is 0. The molecule has 1 aromatic rings. The van der Waals surface area contributed by atoms with Gasteiger partial charge in [-0.1, -0.05) is 43.7 Å². The second kappa shape index (κ2) is 7.41. The van der Waals surface area contributed by atoms with Crippen molar-refractivity contribution in [3.63, 3.8) is 0 Å². The standard InChI is InChI=1S/C16H25N3O/c1-2-6-15(17)16(20)19-11-9-18(10-12-19)13-14-7-4-3-5-8-14/h3-5,7-8,15H,2,6,9-13,17H2,1H3/t15-/m0/s1. The van der Waals surface area contributed by atoms with Crippen LogP contribution >= 0.6 is 0 Å². The fourth-order valence-electron chi connectivity index (χ4n) is 2.64. The zero-order valence-corrected chi connectivity index (χ0v) is 12.3. The van der Waals surface area contributed by atoms with Crippen molar-refractivity contribution >= 4 is 5.91 Å². The number of nitrogens with zero attached hydrogens (tertiary/aromatic N) is 2. The minimum absolute atomic E-state index is 0.117. The molecule has 0 spiro atoms. The Bertz CT molecular complexity index is 413. The van der Waals surface area contributed by atoms with E-state index < -0.39 is 0 Å². The monoisotopic (exact) mass is 275 g/mol. The third-order valence-electron chi connectivity index (χ3n) is 3.85. The molecule has 2 N–H and O–H groups in total. The summed E-state index contributed by atoms with van der Waals surface area (Å²) in [5.41, 5.74) is 7.24. The lowest BCUT2D eigenvalue weighted by molar-refractivity contribution is -0.134. The molecule has 0 aromatic heterocycles. The molecule has 4 heteroatoms. The number of amides is 1. The molecule has 1 aliphatic rings. The van der Waals surface area contributed by atoms with Crippen LogP contribution in [-0.2, 0) is 11.3 Å². The molecule has 0 unspecified atom stereocenters. The molecule has 1 aromatic carbocycles. The van der Waals surface area contributed by atoms with Crippen molar-refractivity contribution in [3.05, 3.63) is 35.9 Å². The van der Waals surface area contributed by atoms with Crippen molar-refractivity contribution in [2.75, 3.05) is 26.2 Å². The van der Waals surface area contributed by atoms with E-state index in [1.165, 1.54) is 5.56 Å². The third kappa shape index (κ3) is 4.05. The summed E-state index contributed by atoms with van der Waals surface area (Å²) in [6.45, 7) is 6.47. The lowest BCUT2D eigenvalue weighted by Crippen LogP contribution is -2.52. The Kier molecular flexibility index (Phi) is 5.56. The number of carbonyl (C=O) groups is 1. The zero-order chi connectivity index (χ0) is 14.4. The predicted octanol–water partition coefficient (Wildman–Crippen LogP) is 1.46. The third-order valence-corrected chi connectivity index (χ3v) is 3.85. The van der Waals surface area contributed by atoms with Crippen LogP contribution in [0.25, 0.3) is 0 Å². The van der Waals surface area contributed by atoms with Gasteiger partial charge < -0.3 is 10.6 Å². The number of benzene rings is 1. The Hall–Kier alpha value is -1.39. The Morgan fingerprint density at radius 2 is 1.85 bits per heavy atom. The fraction of sp³-hybridized carbons (Fsp3) is 0.562. The normalized spacial score (nSPS) is 18.0. The van der Waals surface area contributed by atoms with Crippen LogP contribution < -0.4 is 5.73 Å². The quantitative estimate of drug-likeness (QED) is 0.885. The summed E-state index contributed by atoms with van der Waals surface area (Å²) in [6, 6.07) is 10.1. The summed E-state index contributed by atoms with van der Waals surface area (Å²) in [5, 5.41) is 0. The lowest BCUT2D eigenvalue weighted by Gasteiger charge is -2.35. The van der Waals surface area contributed by atoms with Crippen LogP contribution in [0.5, 0.6) is 0 Å². The number of hydrogen-bond donors (Lipinski definition) is 1. The first-order valence-electron chi connectivity index (χ1n) is 7.51. The van der Waals surface area contributed by atoms with Crippen LogP contribution in [0.4, 0.5) is 0 Å². The van der Waals surface area contributed by atoms with Crippen LogP contribution in [-0.4, -0.2) is 47.9 Å². The van der Waals surface area contributed by atoms with Gasteiger partial charge in [-0.2, -0.15) is 0 Å². The van der Waals surface area contributed by atoms with E-state index in [4.69, 9.17) is 5.73 Å². The smallest absolute Gasteiger partial charge is 0.239 e. The maximum Gasteiger partial charge on any atom is 0.239 e. The molecule has 1 amide bonds. The van der Waals surface area contributed by atoms with Gasteiger partial charge in [0.2, 0.25) is 5.91 Å². The van der Waals surface area contributed by atoms with E-state index in [0.29, 0.717) is 0 Å². The molecule has 110 valence electrons. The molecule has 0 saturated carbocycles. The van der Waals surface area contributed by atoms with Gasteiger partial charge in [-0.3, -0.25) is 9.69 Å². The lowest BCUT2D eigenvalue weighted by atomic mass is 10.1. The molecule has 1 atom stereocenters. The SMILES string of the molecule is CCC[C@H](N)C(=O)N1CCN(Cc2ccccc2)CC1. The van der Waals surface area contributed by atoms with Gasteiger partial charge in [0.05, 0.1) is 6.04 Å². The van der Waals surface area contributed by atoms with Crippen molar-refractivity contribution < 1.29 is 4.79 Å². The van der Waals surface area contributed by atoms with E-state index in [1.54, 1.807) is 0 Å². The summed E-state index contributed by atoms with van der Waals surface area (Å²) in [5.74, 6) is 0.117. The van der Waals surface area contributed by atoms with Gasteiger partial charge >= 0.3 is 0 Å².